The van der Waals surface area contributed by atoms with Crippen LogP contribution in [0.2, 0.25) is 5.02 Å². The molecule has 2 aromatic carbocycles. The van der Waals surface area contributed by atoms with Gasteiger partial charge in [0.1, 0.15) is 0 Å². The van der Waals surface area contributed by atoms with Crippen LogP contribution in [0.1, 0.15) is 30.5 Å². The van der Waals surface area contributed by atoms with E-state index in [-0.39, 0.29) is 11.7 Å². The summed E-state index contributed by atoms with van der Waals surface area (Å²) < 4.78 is 2.03. The molecule has 0 radical (unpaired) electrons. The standard InChI is InChI=1S/C26H26ClN5OS/c1-3-19-12-13-22(27)21(4-2)24(19)29-23(33)17-34-26-31-30-25(20-11-8-14-28-15-20)32(26)16-18-9-6-5-7-10-18/h5-15H,3-4,16-17H2,1-2H3,(H,29,33). The number of rotatable bonds is 9. The first-order valence-electron chi connectivity index (χ1n) is 11.2. The maximum atomic E-state index is 12.9. The van der Waals surface area contributed by atoms with E-state index in [1.807, 2.05) is 54.0 Å². The third-order valence-electron chi connectivity index (χ3n) is 5.49. The normalized spacial score (nSPS) is 10.9. The van der Waals surface area contributed by atoms with Crippen molar-refractivity contribution in [2.24, 2.45) is 0 Å². The van der Waals surface area contributed by atoms with E-state index in [4.69, 9.17) is 11.6 Å². The fraction of sp³-hybridized carbons (Fsp3) is 0.231. The molecular weight excluding hydrogens is 466 g/mol. The fourth-order valence-electron chi connectivity index (χ4n) is 3.79. The summed E-state index contributed by atoms with van der Waals surface area (Å²) in [4.78, 5) is 17.2. The second kappa shape index (κ2) is 11.3. The fourth-order valence-corrected chi connectivity index (χ4v) is 4.81. The number of pyridine rings is 1. The highest BCUT2D eigenvalue weighted by atomic mass is 35.5. The monoisotopic (exact) mass is 491 g/mol. The summed E-state index contributed by atoms with van der Waals surface area (Å²) in [6, 6.07) is 17.8. The average Bonchev–Trinajstić information content (AvgIpc) is 3.26. The van der Waals surface area contributed by atoms with Gasteiger partial charge in [-0.3, -0.25) is 14.3 Å². The van der Waals surface area contributed by atoms with Gasteiger partial charge < -0.3 is 5.32 Å². The highest BCUT2D eigenvalue weighted by Crippen LogP contribution is 2.30. The Balaban J connectivity index is 1.56. The Kier molecular flexibility index (Phi) is 7.98. The predicted octanol–water partition coefficient (Wildman–Crippen LogP) is 5.90. The lowest BCUT2D eigenvalue weighted by Gasteiger charge is -2.16. The quantitative estimate of drug-likeness (QED) is 0.295. The van der Waals surface area contributed by atoms with Gasteiger partial charge in [0.2, 0.25) is 5.91 Å². The molecule has 2 heterocycles. The van der Waals surface area contributed by atoms with E-state index < -0.39 is 0 Å². The smallest absolute Gasteiger partial charge is 0.234 e. The van der Waals surface area contributed by atoms with E-state index in [2.05, 4.69) is 39.6 Å². The van der Waals surface area contributed by atoms with Crippen LogP contribution in [-0.2, 0) is 24.2 Å². The Bertz CT molecular complexity index is 1260. The van der Waals surface area contributed by atoms with E-state index >= 15 is 0 Å². The van der Waals surface area contributed by atoms with Crippen LogP contribution >= 0.6 is 23.4 Å². The van der Waals surface area contributed by atoms with E-state index in [1.165, 1.54) is 11.8 Å². The molecular formula is C26H26ClN5OS. The number of nitrogens with one attached hydrogen (secondary N) is 1. The highest BCUT2D eigenvalue weighted by Gasteiger charge is 2.18. The molecule has 0 saturated carbocycles. The Morgan fingerprint density at radius 2 is 1.85 bits per heavy atom. The van der Waals surface area contributed by atoms with Crippen molar-refractivity contribution in [3.05, 3.63) is 88.7 Å². The summed E-state index contributed by atoms with van der Waals surface area (Å²) in [5.74, 6) is 0.823. The molecule has 4 aromatic rings. The van der Waals surface area contributed by atoms with Crippen molar-refractivity contribution in [3.8, 4) is 11.4 Å². The molecule has 1 N–H and O–H groups in total. The number of anilines is 1. The van der Waals surface area contributed by atoms with Gasteiger partial charge in [-0.15, -0.1) is 10.2 Å². The third kappa shape index (κ3) is 5.48. The number of halogens is 1. The molecule has 34 heavy (non-hydrogen) atoms. The van der Waals surface area contributed by atoms with Gasteiger partial charge in [-0.25, -0.2) is 0 Å². The van der Waals surface area contributed by atoms with Crippen LogP contribution in [0, 0.1) is 0 Å². The number of carbonyl (C=O) groups excluding carboxylic acids is 1. The molecule has 1 amide bonds. The van der Waals surface area contributed by atoms with Crippen molar-refractivity contribution >= 4 is 35.0 Å². The predicted molar refractivity (Wildman–Crippen MR) is 138 cm³/mol. The molecule has 2 aromatic heterocycles. The van der Waals surface area contributed by atoms with Crippen molar-refractivity contribution in [2.75, 3.05) is 11.1 Å². The van der Waals surface area contributed by atoms with Crippen molar-refractivity contribution in [1.29, 1.82) is 0 Å². The maximum absolute atomic E-state index is 12.9. The van der Waals surface area contributed by atoms with Gasteiger partial charge in [0.25, 0.3) is 0 Å². The second-order valence-corrected chi connectivity index (χ2v) is 9.07. The molecule has 0 atom stereocenters. The molecule has 0 unspecified atom stereocenters. The Labute approximate surface area is 208 Å². The van der Waals surface area contributed by atoms with Gasteiger partial charge >= 0.3 is 0 Å². The highest BCUT2D eigenvalue weighted by molar-refractivity contribution is 7.99. The van der Waals surface area contributed by atoms with Gasteiger partial charge in [-0.2, -0.15) is 0 Å². The first kappa shape index (κ1) is 24.0. The van der Waals surface area contributed by atoms with Gasteiger partial charge in [0.05, 0.1) is 12.3 Å². The zero-order chi connectivity index (χ0) is 23.9. The Hall–Kier alpha value is -3.16. The maximum Gasteiger partial charge on any atom is 0.234 e. The molecule has 0 saturated heterocycles. The first-order chi connectivity index (χ1) is 16.6. The molecule has 0 aliphatic rings. The number of aromatic nitrogens is 4. The summed E-state index contributed by atoms with van der Waals surface area (Å²) in [5, 5.41) is 13.2. The molecule has 0 fully saturated rings. The van der Waals surface area contributed by atoms with Crippen LogP contribution in [0.15, 0.2) is 72.1 Å². The van der Waals surface area contributed by atoms with E-state index in [0.29, 0.717) is 16.7 Å². The molecule has 8 heteroatoms. The Morgan fingerprint density at radius 3 is 2.56 bits per heavy atom. The van der Waals surface area contributed by atoms with Crippen LogP contribution in [0.5, 0.6) is 0 Å². The van der Waals surface area contributed by atoms with Crippen molar-refractivity contribution < 1.29 is 4.79 Å². The molecule has 174 valence electrons. The van der Waals surface area contributed by atoms with Gasteiger partial charge in [0, 0.05) is 28.7 Å². The van der Waals surface area contributed by atoms with Crippen molar-refractivity contribution in [3.63, 3.8) is 0 Å². The molecule has 6 nitrogen and oxygen atoms in total. The number of hydrogen-bond acceptors (Lipinski definition) is 5. The van der Waals surface area contributed by atoms with E-state index in [0.717, 1.165) is 46.6 Å². The number of benzene rings is 2. The van der Waals surface area contributed by atoms with Crippen LogP contribution in [0.4, 0.5) is 5.69 Å². The largest absolute Gasteiger partial charge is 0.325 e. The van der Waals surface area contributed by atoms with Crippen LogP contribution in [0.3, 0.4) is 0 Å². The number of thioether (sulfide) groups is 1. The summed E-state index contributed by atoms with van der Waals surface area (Å²) in [5.41, 5.74) is 4.86. The van der Waals surface area contributed by atoms with Crippen LogP contribution in [0.25, 0.3) is 11.4 Å². The number of nitrogens with zero attached hydrogens (tertiary/aromatic N) is 4. The Morgan fingerprint density at radius 1 is 1.03 bits per heavy atom. The summed E-state index contributed by atoms with van der Waals surface area (Å²) >= 11 is 7.75. The topological polar surface area (TPSA) is 72.7 Å². The van der Waals surface area contributed by atoms with E-state index in [1.54, 1.807) is 12.4 Å². The number of aryl methyl sites for hydroxylation is 1. The lowest BCUT2D eigenvalue weighted by atomic mass is 10.0. The molecule has 4 rings (SSSR count). The first-order valence-corrected chi connectivity index (χ1v) is 12.6. The average molecular weight is 492 g/mol. The zero-order valence-electron chi connectivity index (χ0n) is 19.2. The van der Waals surface area contributed by atoms with Gasteiger partial charge in [-0.1, -0.05) is 73.6 Å². The van der Waals surface area contributed by atoms with Crippen LogP contribution < -0.4 is 5.32 Å². The summed E-state index contributed by atoms with van der Waals surface area (Å²) in [6.45, 7) is 4.70. The lowest BCUT2D eigenvalue weighted by Crippen LogP contribution is -2.17. The lowest BCUT2D eigenvalue weighted by molar-refractivity contribution is -0.113. The number of hydrogen-bond donors (Lipinski definition) is 1. The van der Waals surface area contributed by atoms with Gasteiger partial charge in [-0.05, 0) is 47.7 Å². The van der Waals surface area contributed by atoms with Crippen molar-refractivity contribution in [1.82, 2.24) is 19.7 Å². The van der Waals surface area contributed by atoms with Gasteiger partial charge in [0.15, 0.2) is 11.0 Å². The number of carbonyl (C=O) groups is 1. The SMILES string of the molecule is CCc1ccc(Cl)c(CC)c1NC(=O)CSc1nnc(-c2cccnc2)n1Cc1ccccc1. The molecule has 0 aliphatic heterocycles. The minimum Gasteiger partial charge on any atom is -0.325 e. The molecule has 0 bridgehead atoms. The minimum absolute atomic E-state index is 0.103. The van der Waals surface area contributed by atoms with Crippen LogP contribution in [-0.4, -0.2) is 31.4 Å². The minimum atomic E-state index is -0.103. The van der Waals surface area contributed by atoms with Crippen molar-refractivity contribution in [2.45, 2.75) is 38.4 Å². The number of amides is 1. The molecule has 0 aliphatic carbocycles. The zero-order valence-corrected chi connectivity index (χ0v) is 20.7. The third-order valence-corrected chi connectivity index (χ3v) is 6.81. The summed E-state index contributed by atoms with van der Waals surface area (Å²) in [6.07, 6.45) is 5.05. The summed E-state index contributed by atoms with van der Waals surface area (Å²) in [7, 11) is 0. The second-order valence-electron chi connectivity index (χ2n) is 7.72. The molecule has 0 spiro atoms. The van der Waals surface area contributed by atoms with E-state index in [9.17, 15) is 4.79 Å².